The lowest BCUT2D eigenvalue weighted by atomic mass is 10.1. The molecule has 0 radical (unpaired) electrons. The predicted octanol–water partition coefficient (Wildman–Crippen LogP) is 4.90. The van der Waals surface area contributed by atoms with Crippen molar-refractivity contribution < 1.29 is 24.2 Å². The first-order chi connectivity index (χ1) is 13.7. The molecule has 1 heterocycles. The first kappa shape index (κ1) is 21.6. The molecular formula is C18H10Br2Cl2N2O5. The number of imide groups is 2. The van der Waals surface area contributed by atoms with Crippen LogP contribution in [-0.2, 0) is 9.59 Å². The second kappa shape index (κ2) is 8.35. The Bertz CT molecular complexity index is 1100. The number of carbonyl (C=O) groups excluding carboxylic acids is 3. The lowest BCUT2D eigenvalue weighted by Crippen LogP contribution is -2.54. The fraction of sp³-hybridized carbons (Fsp3) is 0.0556. The number of phenolic OH excluding ortho intramolecular Hbond substituents is 1. The Morgan fingerprint density at radius 1 is 1.17 bits per heavy atom. The zero-order valence-corrected chi connectivity index (χ0v) is 19.1. The summed E-state index contributed by atoms with van der Waals surface area (Å²) in [7, 11) is 1.35. The monoisotopic (exact) mass is 562 g/mol. The second-order valence-corrected chi connectivity index (χ2v) is 8.05. The summed E-state index contributed by atoms with van der Waals surface area (Å²) in [5.74, 6) is -1.83. The summed E-state index contributed by atoms with van der Waals surface area (Å²) in [4.78, 5) is 38.4. The van der Waals surface area contributed by atoms with E-state index >= 15 is 0 Å². The van der Waals surface area contributed by atoms with Crippen LogP contribution in [0.1, 0.15) is 5.56 Å². The summed E-state index contributed by atoms with van der Waals surface area (Å²) in [6.07, 6.45) is 1.26. The van der Waals surface area contributed by atoms with E-state index in [1.807, 2.05) is 0 Å². The van der Waals surface area contributed by atoms with Gasteiger partial charge in [-0.05, 0) is 61.7 Å². The van der Waals surface area contributed by atoms with Gasteiger partial charge in [0.05, 0.1) is 27.3 Å². The molecule has 2 aromatic carbocycles. The molecule has 150 valence electrons. The number of hydrogen-bond donors (Lipinski definition) is 2. The van der Waals surface area contributed by atoms with E-state index in [-0.39, 0.29) is 37.3 Å². The topological polar surface area (TPSA) is 95.9 Å². The molecule has 0 bridgehead atoms. The molecule has 29 heavy (non-hydrogen) atoms. The molecule has 7 nitrogen and oxygen atoms in total. The molecule has 0 aromatic heterocycles. The van der Waals surface area contributed by atoms with Crippen LogP contribution < -0.4 is 15.0 Å². The highest BCUT2D eigenvalue weighted by molar-refractivity contribution is 9.13. The molecule has 3 rings (SSSR count). The number of nitrogens with one attached hydrogen (secondary N) is 1. The van der Waals surface area contributed by atoms with Crippen LogP contribution in [0, 0.1) is 0 Å². The number of anilines is 1. The van der Waals surface area contributed by atoms with Gasteiger partial charge < -0.3 is 9.84 Å². The van der Waals surface area contributed by atoms with E-state index in [0.717, 1.165) is 4.90 Å². The van der Waals surface area contributed by atoms with E-state index in [4.69, 9.17) is 27.9 Å². The number of hydrogen-bond acceptors (Lipinski definition) is 5. The number of aromatic hydroxyl groups is 1. The van der Waals surface area contributed by atoms with Crippen LogP contribution in [0.15, 0.2) is 38.8 Å². The molecule has 11 heteroatoms. The highest BCUT2D eigenvalue weighted by atomic mass is 79.9. The third kappa shape index (κ3) is 3.87. The van der Waals surface area contributed by atoms with E-state index in [1.54, 1.807) is 0 Å². The van der Waals surface area contributed by atoms with Gasteiger partial charge in [-0.25, -0.2) is 9.69 Å². The molecule has 1 saturated heterocycles. The third-order valence-corrected chi connectivity index (χ3v) is 6.93. The maximum Gasteiger partial charge on any atom is 0.336 e. The Morgan fingerprint density at radius 2 is 1.86 bits per heavy atom. The average molecular weight is 565 g/mol. The normalized spacial score (nSPS) is 15.7. The van der Waals surface area contributed by atoms with E-state index in [2.05, 4.69) is 37.2 Å². The summed E-state index contributed by atoms with van der Waals surface area (Å²) >= 11 is 18.6. The van der Waals surface area contributed by atoms with Crippen LogP contribution >= 0.6 is 55.1 Å². The second-order valence-electron chi connectivity index (χ2n) is 5.68. The van der Waals surface area contributed by atoms with Crippen molar-refractivity contribution in [1.29, 1.82) is 0 Å². The van der Waals surface area contributed by atoms with Gasteiger partial charge in [-0.3, -0.25) is 14.9 Å². The fourth-order valence-corrected chi connectivity index (χ4v) is 3.79. The van der Waals surface area contributed by atoms with Crippen LogP contribution in [0.4, 0.5) is 10.5 Å². The highest BCUT2D eigenvalue weighted by Gasteiger charge is 2.38. The van der Waals surface area contributed by atoms with Crippen molar-refractivity contribution in [3.63, 3.8) is 0 Å². The minimum absolute atomic E-state index is 0.0124. The summed E-state index contributed by atoms with van der Waals surface area (Å²) < 4.78 is 5.72. The van der Waals surface area contributed by atoms with Crippen LogP contribution in [-0.4, -0.2) is 30.1 Å². The number of phenols is 1. The minimum atomic E-state index is -0.954. The van der Waals surface area contributed by atoms with Crippen LogP contribution in [0.2, 0.25) is 10.0 Å². The first-order valence-corrected chi connectivity index (χ1v) is 10.1. The smallest absolute Gasteiger partial charge is 0.336 e. The van der Waals surface area contributed by atoms with Crippen LogP contribution in [0.3, 0.4) is 0 Å². The molecule has 1 fully saturated rings. The van der Waals surface area contributed by atoms with Gasteiger partial charge in [0.25, 0.3) is 11.8 Å². The van der Waals surface area contributed by atoms with Crippen molar-refractivity contribution in [1.82, 2.24) is 5.32 Å². The summed E-state index contributed by atoms with van der Waals surface area (Å²) in [6.45, 7) is 0. The number of rotatable bonds is 3. The van der Waals surface area contributed by atoms with Gasteiger partial charge in [-0.2, -0.15) is 0 Å². The number of carbonyl (C=O) groups is 3. The van der Waals surface area contributed by atoms with Gasteiger partial charge in [-0.1, -0.05) is 29.3 Å². The zero-order chi connectivity index (χ0) is 21.5. The van der Waals surface area contributed by atoms with E-state index < -0.39 is 17.8 Å². The van der Waals surface area contributed by atoms with Gasteiger partial charge in [-0.15, -0.1) is 0 Å². The first-order valence-electron chi connectivity index (χ1n) is 7.77. The highest BCUT2D eigenvalue weighted by Crippen LogP contribution is 2.42. The molecule has 0 atom stereocenters. The third-order valence-electron chi connectivity index (χ3n) is 3.97. The van der Waals surface area contributed by atoms with Crippen molar-refractivity contribution in [2.45, 2.75) is 0 Å². The molecule has 0 unspecified atom stereocenters. The number of benzene rings is 2. The largest absolute Gasteiger partial charge is 0.503 e. The molecule has 0 aliphatic carbocycles. The standard InChI is InChI=1S/C18H10Br2Cl2N2O5/c1-29-11-6-7(12(19)13(20)15(11)25)5-8-16(26)23-18(28)24(17(8)27)10-4-2-3-9(21)14(10)22/h2-6,25H,1H3,(H,23,26,28)/b8-5+. The van der Waals surface area contributed by atoms with E-state index in [1.165, 1.54) is 37.5 Å². The molecular weight excluding hydrogens is 555 g/mol. The average Bonchev–Trinajstić information content (AvgIpc) is 2.68. The number of nitrogens with zero attached hydrogens (tertiary/aromatic N) is 1. The number of methoxy groups -OCH3 is 1. The maximum absolute atomic E-state index is 13.0. The fourth-order valence-electron chi connectivity index (χ4n) is 2.57. The van der Waals surface area contributed by atoms with Gasteiger partial charge in [0, 0.05) is 4.47 Å². The van der Waals surface area contributed by atoms with E-state index in [9.17, 15) is 19.5 Å². The molecule has 2 N–H and O–H groups in total. The van der Waals surface area contributed by atoms with Gasteiger partial charge in [0.1, 0.15) is 5.57 Å². The minimum Gasteiger partial charge on any atom is -0.503 e. The summed E-state index contributed by atoms with van der Waals surface area (Å²) in [5.41, 5.74) is 0.0427. The van der Waals surface area contributed by atoms with Crippen molar-refractivity contribution in [3.05, 3.63) is 54.4 Å². The molecule has 1 aliphatic rings. The van der Waals surface area contributed by atoms with Gasteiger partial charge in [0.2, 0.25) is 0 Å². The molecule has 2 aromatic rings. The Balaban J connectivity index is 2.14. The predicted molar refractivity (Wildman–Crippen MR) is 116 cm³/mol. The molecule has 0 spiro atoms. The summed E-state index contributed by atoms with van der Waals surface area (Å²) in [5, 5.41) is 12.3. The van der Waals surface area contributed by atoms with Crippen molar-refractivity contribution in [2.24, 2.45) is 0 Å². The van der Waals surface area contributed by atoms with Gasteiger partial charge >= 0.3 is 6.03 Å². The van der Waals surface area contributed by atoms with Gasteiger partial charge in [0.15, 0.2) is 11.5 Å². The number of ether oxygens (including phenoxy) is 1. The number of halogens is 4. The van der Waals surface area contributed by atoms with Crippen molar-refractivity contribution in [2.75, 3.05) is 12.0 Å². The Kier molecular flexibility index (Phi) is 6.23. The number of amides is 4. The van der Waals surface area contributed by atoms with Crippen LogP contribution in [0.25, 0.3) is 6.08 Å². The quantitative estimate of drug-likeness (QED) is 0.408. The maximum atomic E-state index is 13.0. The number of barbiturate groups is 1. The zero-order valence-electron chi connectivity index (χ0n) is 14.4. The SMILES string of the molecule is COc1cc(/C=C2\C(=O)NC(=O)N(c3cccc(Cl)c3Cl)C2=O)c(Br)c(Br)c1O. The molecule has 4 amide bonds. The van der Waals surface area contributed by atoms with Crippen LogP contribution in [0.5, 0.6) is 11.5 Å². The Labute approximate surface area is 191 Å². The Hall–Kier alpha value is -2.07. The molecule has 1 aliphatic heterocycles. The number of urea groups is 1. The van der Waals surface area contributed by atoms with Crippen molar-refractivity contribution >= 4 is 84.7 Å². The Morgan fingerprint density at radius 3 is 2.52 bits per heavy atom. The lowest BCUT2D eigenvalue weighted by Gasteiger charge is -2.27. The van der Waals surface area contributed by atoms with E-state index in [0.29, 0.717) is 10.0 Å². The summed E-state index contributed by atoms with van der Waals surface area (Å²) in [6, 6.07) is 4.91. The lowest BCUT2D eigenvalue weighted by molar-refractivity contribution is -0.122. The van der Waals surface area contributed by atoms with Crippen molar-refractivity contribution in [3.8, 4) is 11.5 Å². The molecule has 0 saturated carbocycles.